The van der Waals surface area contributed by atoms with Gasteiger partial charge in [-0.05, 0) is 24.3 Å². The zero-order chi connectivity index (χ0) is 15.8. The van der Waals surface area contributed by atoms with Crippen LogP contribution in [0.3, 0.4) is 0 Å². The Morgan fingerprint density at radius 2 is 1.10 bits per heavy atom. The monoisotopic (exact) mass is 286 g/mol. The molecule has 1 rings (SSSR count). The highest BCUT2D eigenvalue weighted by molar-refractivity contribution is 5.91. The zero-order valence-corrected chi connectivity index (χ0v) is 11.0. The van der Waals surface area contributed by atoms with Crippen LogP contribution >= 0.6 is 0 Å². The summed E-state index contributed by atoms with van der Waals surface area (Å²) in [7, 11) is 0. The Labute approximate surface area is 115 Å². The fourth-order valence-corrected chi connectivity index (χ4v) is 0.905. The molecule has 0 unspecified atom stereocenters. The number of hydrogen-bond donors (Lipinski definition) is 5. The van der Waals surface area contributed by atoms with E-state index in [2.05, 4.69) is 0 Å². The minimum atomic E-state index is -1.06. The average Bonchev–Trinajstić information content (AvgIpc) is 2.47. The molecular formula is C13H18O7. The third kappa shape index (κ3) is 5.79. The molecule has 0 radical (unpaired) electrons. The first-order valence-electron chi connectivity index (χ1n) is 5.69. The van der Waals surface area contributed by atoms with Gasteiger partial charge in [0.05, 0.1) is 30.9 Å². The number of benzene rings is 1. The standard InChI is InChI=1S/C8H6O4.C5H12O3/c9-7(10)5-1-2-6(4-3-5)8(11)12;1-5(2-6,3-7)4-8/h1-4H,(H,9,10)(H,11,12);6-8H,2-4H2,1H3. The molecule has 20 heavy (non-hydrogen) atoms. The lowest BCUT2D eigenvalue weighted by molar-refractivity contribution is 0.0200. The third-order valence-electron chi connectivity index (χ3n) is 2.52. The summed E-state index contributed by atoms with van der Waals surface area (Å²) in [4.78, 5) is 20.7. The van der Waals surface area contributed by atoms with Gasteiger partial charge in [0.2, 0.25) is 0 Å². The quantitative estimate of drug-likeness (QED) is 0.516. The summed E-state index contributed by atoms with van der Waals surface area (Å²) in [5.41, 5.74) is -0.542. The van der Waals surface area contributed by atoms with Gasteiger partial charge < -0.3 is 25.5 Å². The second-order valence-electron chi connectivity index (χ2n) is 4.47. The molecule has 0 heterocycles. The first-order chi connectivity index (χ1) is 9.29. The van der Waals surface area contributed by atoms with Gasteiger partial charge in [0.1, 0.15) is 0 Å². The maximum atomic E-state index is 10.3. The van der Waals surface area contributed by atoms with Crippen molar-refractivity contribution in [3.63, 3.8) is 0 Å². The fourth-order valence-electron chi connectivity index (χ4n) is 0.905. The van der Waals surface area contributed by atoms with Crippen LogP contribution in [0.25, 0.3) is 0 Å². The molecule has 1 aromatic rings. The highest BCUT2D eigenvalue weighted by Gasteiger charge is 2.20. The smallest absolute Gasteiger partial charge is 0.335 e. The molecule has 0 saturated carbocycles. The lowest BCUT2D eigenvalue weighted by atomic mass is 9.95. The summed E-state index contributed by atoms with van der Waals surface area (Å²) in [5, 5.41) is 42.3. The van der Waals surface area contributed by atoms with Gasteiger partial charge in [0, 0.05) is 5.41 Å². The number of carboxylic acids is 2. The zero-order valence-electron chi connectivity index (χ0n) is 11.0. The topological polar surface area (TPSA) is 135 Å². The van der Waals surface area contributed by atoms with Crippen molar-refractivity contribution in [3.05, 3.63) is 35.4 Å². The van der Waals surface area contributed by atoms with Crippen LogP contribution in [-0.4, -0.2) is 57.3 Å². The molecule has 0 spiro atoms. The van der Waals surface area contributed by atoms with Gasteiger partial charge in [-0.3, -0.25) is 0 Å². The molecule has 0 saturated heterocycles. The third-order valence-corrected chi connectivity index (χ3v) is 2.52. The van der Waals surface area contributed by atoms with Crippen LogP contribution in [0.15, 0.2) is 24.3 Å². The number of aliphatic hydroxyl groups is 3. The predicted octanol–water partition coefficient (Wildman–Crippen LogP) is 0.0526. The minimum absolute atomic E-state index is 0.0833. The van der Waals surface area contributed by atoms with Crippen LogP contribution in [-0.2, 0) is 0 Å². The summed E-state index contributed by atoms with van der Waals surface area (Å²) in [6.45, 7) is 1.06. The molecule has 5 N–H and O–H groups in total. The highest BCUT2D eigenvalue weighted by atomic mass is 16.4. The summed E-state index contributed by atoms with van der Waals surface area (Å²) in [5.74, 6) is -2.13. The molecule has 0 amide bonds. The van der Waals surface area contributed by atoms with Crippen LogP contribution in [0, 0.1) is 5.41 Å². The van der Waals surface area contributed by atoms with Gasteiger partial charge in [-0.1, -0.05) is 6.92 Å². The van der Waals surface area contributed by atoms with Crippen LogP contribution in [0.4, 0.5) is 0 Å². The Hall–Kier alpha value is -1.96. The Kier molecular flexibility index (Phi) is 7.45. The maximum Gasteiger partial charge on any atom is 0.335 e. The SMILES string of the molecule is CC(CO)(CO)CO.O=C(O)c1ccc(C(=O)O)cc1. The highest BCUT2D eigenvalue weighted by Crippen LogP contribution is 2.11. The van der Waals surface area contributed by atoms with E-state index in [-0.39, 0.29) is 30.9 Å². The van der Waals surface area contributed by atoms with Gasteiger partial charge in [0.15, 0.2) is 0 Å². The largest absolute Gasteiger partial charge is 0.478 e. The van der Waals surface area contributed by atoms with E-state index in [1.807, 2.05) is 0 Å². The van der Waals surface area contributed by atoms with E-state index in [0.717, 1.165) is 0 Å². The first kappa shape index (κ1) is 18.0. The van der Waals surface area contributed by atoms with Crippen LogP contribution in [0.5, 0.6) is 0 Å². The average molecular weight is 286 g/mol. The summed E-state index contributed by atoms with van der Waals surface area (Å²) in [6.07, 6.45) is 0. The Balaban J connectivity index is 0.000000396. The van der Waals surface area contributed by atoms with E-state index < -0.39 is 17.4 Å². The van der Waals surface area contributed by atoms with Crippen LogP contribution in [0.2, 0.25) is 0 Å². The number of rotatable bonds is 5. The molecule has 0 atom stereocenters. The van der Waals surface area contributed by atoms with Crippen molar-refractivity contribution >= 4 is 11.9 Å². The lowest BCUT2D eigenvalue weighted by Crippen LogP contribution is -2.29. The Morgan fingerprint density at radius 1 is 0.850 bits per heavy atom. The number of carboxylic acid groups (broad SMARTS) is 2. The van der Waals surface area contributed by atoms with E-state index in [1.165, 1.54) is 24.3 Å². The van der Waals surface area contributed by atoms with Gasteiger partial charge in [-0.15, -0.1) is 0 Å². The molecule has 0 aliphatic rings. The first-order valence-corrected chi connectivity index (χ1v) is 5.69. The summed E-state index contributed by atoms with van der Waals surface area (Å²) < 4.78 is 0. The molecule has 0 aliphatic heterocycles. The second kappa shape index (κ2) is 8.26. The molecule has 0 bridgehead atoms. The second-order valence-corrected chi connectivity index (χ2v) is 4.47. The molecule has 0 aromatic heterocycles. The van der Waals surface area contributed by atoms with Crippen molar-refractivity contribution in [1.29, 1.82) is 0 Å². The van der Waals surface area contributed by atoms with Crippen molar-refractivity contribution in [2.45, 2.75) is 6.92 Å². The minimum Gasteiger partial charge on any atom is -0.478 e. The number of aliphatic hydroxyl groups excluding tert-OH is 3. The molecular weight excluding hydrogens is 268 g/mol. The van der Waals surface area contributed by atoms with Crippen molar-refractivity contribution in [3.8, 4) is 0 Å². The van der Waals surface area contributed by atoms with Gasteiger partial charge in [-0.2, -0.15) is 0 Å². The molecule has 112 valence electrons. The summed E-state index contributed by atoms with van der Waals surface area (Å²) in [6, 6.07) is 5.02. The van der Waals surface area contributed by atoms with Crippen LogP contribution in [0.1, 0.15) is 27.6 Å². The van der Waals surface area contributed by atoms with Gasteiger partial charge in [-0.25, -0.2) is 9.59 Å². The Bertz CT molecular complexity index is 393. The van der Waals surface area contributed by atoms with E-state index in [4.69, 9.17) is 25.5 Å². The van der Waals surface area contributed by atoms with Crippen LogP contribution < -0.4 is 0 Å². The lowest BCUT2D eigenvalue weighted by Gasteiger charge is -2.20. The summed E-state index contributed by atoms with van der Waals surface area (Å²) >= 11 is 0. The van der Waals surface area contributed by atoms with Crippen molar-refractivity contribution in [1.82, 2.24) is 0 Å². The fraction of sp³-hybridized carbons (Fsp3) is 0.385. The number of carbonyl (C=O) groups is 2. The van der Waals surface area contributed by atoms with E-state index in [0.29, 0.717) is 0 Å². The van der Waals surface area contributed by atoms with Crippen molar-refractivity contribution in [2.75, 3.05) is 19.8 Å². The van der Waals surface area contributed by atoms with Gasteiger partial charge >= 0.3 is 11.9 Å². The molecule has 7 nitrogen and oxygen atoms in total. The molecule has 1 aromatic carbocycles. The van der Waals surface area contributed by atoms with E-state index in [9.17, 15) is 9.59 Å². The van der Waals surface area contributed by atoms with Crippen molar-refractivity contribution < 1.29 is 35.1 Å². The normalized spacial score (nSPS) is 10.4. The Morgan fingerprint density at radius 3 is 1.20 bits per heavy atom. The maximum absolute atomic E-state index is 10.3. The molecule has 0 fully saturated rings. The van der Waals surface area contributed by atoms with Gasteiger partial charge in [0.25, 0.3) is 0 Å². The van der Waals surface area contributed by atoms with E-state index >= 15 is 0 Å². The number of aromatic carboxylic acids is 2. The van der Waals surface area contributed by atoms with Crippen molar-refractivity contribution in [2.24, 2.45) is 5.41 Å². The van der Waals surface area contributed by atoms with E-state index in [1.54, 1.807) is 6.92 Å². The molecule has 7 heteroatoms. The number of hydrogen-bond acceptors (Lipinski definition) is 5. The predicted molar refractivity (Wildman–Crippen MR) is 69.7 cm³/mol. The molecule has 0 aliphatic carbocycles.